The van der Waals surface area contributed by atoms with Crippen molar-refractivity contribution in [2.75, 3.05) is 19.0 Å². The van der Waals surface area contributed by atoms with Crippen LogP contribution in [0.4, 0.5) is 10.1 Å². The largest absolute Gasteiger partial charge is 0.383 e. The first-order chi connectivity index (χ1) is 11.1. The van der Waals surface area contributed by atoms with Gasteiger partial charge in [-0.05, 0) is 36.8 Å². The van der Waals surface area contributed by atoms with Crippen molar-refractivity contribution in [1.82, 2.24) is 5.32 Å². The van der Waals surface area contributed by atoms with Gasteiger partial charge in [-0.15, -0.1) is 0 Å². The van der Waals surface area contributed by atoms with Crippen molar-refractivity contribution in [3.8, 4) is 0 Å². The zero-order valence-electron chi connectivity index (χ0n) is 13.3. The summed E-state index contributed by atoms with van der Waals surface area (Å²) in [6, 6.07) is 14.6. The monoisotopic (exact) mass is 316 g/mol. The summed E-state index contributed by atoms with van der Waals surface area (Å²) in [6.45, 7) is 2.44. The van der Waals surface area contributed by atoms with Gasteiger partial charge in [0.1, 0.15) is 11.9 Å². The van der Waals surface area contributed by atoms with E-state index in [4.69, 9.17) is 4.74 Å². The maximum Gasteiger partial charge on any atom is 0.246 e. The summed E-state index contributed by atoms with van der Waals surface area (Å²) in [6.07, 6.45) is 0. The summed E-state index contributed by atoms with van der Waals surface area (Å²) in [5.41, 5.74) is 1.41. The Morgan fingerprint density at radius 2 is 1.78 bits per heavy atom. The molecule has 2 aromatic rings. The minimum absolute atomic E-state index is 0.00386. The van der Waals surface area contributed by atoms with Crippen LogP contribution in [0.1, 0.15) is 18.5 Å². The molecule has 4 nitrogen and oxygen atoms in total. The van der Waals surface area contributed by atoms with E-state index in [-0.39, 0.29) is 17.8 Å². The fourth-order valence-corrected chi connectivity index (χ4v) is 2.30. The number of anilines is 1. The SMILES string of the molecule is COC[C@H](C)N[C@H](C(=O)Nc1ccc(F)cc1)c1ccccc1. The van der Waals surface area contributed by atoms with Crippen molar-refractivity contribution in [2.45, 2.75) is 19.0 Å². The van der Waals surface area contributed by atoms with Crippen molar-refractivity contribution < 1.29 is 13.9 Å². The Kier molecular flexibility index (Phi) is 6.26. The number of hydrogen-bond acceptors (Lipinski definition) is 3. The Morgan fingerprint density at radius 3 is 2.39 bits per heavy atom. The van der Waals surface area contributed by atoms with Crippen LogP contribution in [0.5, 0.6) is 0 Å². The first-order valence-electron chi connectivity index (χ1n) is 7.46. The van der Waals surface area contributed by atoms with E-state index in [1.165, 1.54) is 24.3 Å². The molecule has 0 aliphatic rings. The van der Waals surface area contributed by atoms with Crippen LogP contribution in [0.25, 0.3) is 0 Å². The second-order valence-electron chi connectivity index (χ2n) is 5.36. The fraction of sp³-hybridized carbons (Fsp3) is 0.278. The molecule has 0 heterocycles. The molecule has 0 saturated carbocycles. The van der Waals surface area contributed by atoms with Crippen LogP contribution in [-0.4, -0.2) is 25.7 Å². The van der Waals surface area contributed by atoms with Crippen molar-refractivity contribution in [1.29, 1.82) is 0 Å². The average molecular weight is 316 g/mol. The summed E-state index contributed by atoms with van der Waals surface area (Å²) < 4.78 is 18.1. The molecule has 23 heavy (non-hydrogen) atoms. The Bertz CT molecular complexity index is 617. The number of hydrogen-bond donors (Lipinski definition) is 2. The Labute approximate surface area is 135 Å². The van der Waals surface area contributed by atoms with Gasteiger partial charge < -0.3 is 10.1 Å². The van der Waals surface area contributed by atoms with Gasteiger partial charge in [0.2, 0.25) is 5.91 Å². The summed E-state index contributed by atoms with van der Waals surface area (Å²) in [5.74, 6) is -0.541. The van der Waals surface area contributed by atoms with E-state index in [0.717, 1.165) is 5.56 Å². The van der Waals surface area contributed by atoms with Gasteiger partial charge in [-0.25, -0.2) is 4.39 Å². The van der Waals surface area contributed by atoms with Crippen LogP contribution in [-0.2, 0) is 9.53 Å². The smallest absolute Gasteiger partial charge is 0.246 e. The minimum atomic E-state index is -0.522. The zero-order chi connectivity index (χ0) is 16.7. The van der Waals surface area contributed by atoms with E-state index in [1.54, 1.807) is 7.11 Å². The Morgan fingerprint density at radius 1 is 1.13 bits per heavy atom. The molecule has 122 valence electrons. The van der Waals surface area contributed by atoms with Gasteiger partial charge in [0.15, 0.2) is 0 Å². The number of amides is 1. The Hall–Kier alpha value is -2.24. The maximum absolute atomic E-state index is 13.0. The molecule has 0 radical (unpaired) electrons. The number of ether oxygens (including phenoxy) is 1. The third-order valence-corrected chi connectivity index (χ3v) is 3.37. The number of rotatable bonds is 7. The lowest BCUT2D eigenvalue weighted by atomic mass is 10.0. The second kappa shape index (κ2) is 8.41. The molecule has 1 amide bonds. The first-order valence-corrected chi connectivity index (χ1v) is 7.46. The molecule has 0 aliphatic heterocycles. The van der Waals surface area contributed by atoms with Gasteiger partial charge in [-0.2, -0.15) is 0 Å². The van der Waals surface area contributed by atoms with Crippen molar-refractivity contribution in [3.05, 3.63) is 66.0 Å². The van der Waals surface area contributed by atoms with Gasteiger partial charge in [-0.1, -0.05) is 30.3 Å². The normalized spacial score (nSPS) is 13.3. The van der Waals surface area contributed by atoms with Crippen LogP contribution in [0.2, 0.25) is 0 Å². The highest BCUT2D eigenvalue weighted by Crippen LogP contribution is 2.17. The Balaban J connectivity index is 2.15. The molecular formula is C18H21FN2O2. The van der Waals surface area contributed by atoms with E-state index in [9.17, 15) is 9.18 Å². The third-order valence-electron chi connectivity index (χ3n) is 3.37. The highest BCUT2D eigenvalue weighted by atomic mass is 19.1. The lowest BCUT2D eigenvalue weighted by Crippen LogP contribution is -2.40. The molecule has 0 aromatic heterocycles. The number of nitrogens with one attached hydrogen (secondary N) is 2. The minimum Gasteiger partial charge on any atom is -0.383 e. The van der Waals surface area contributed by atoms with Crippen molar-refractivity contribution >= 4 is 11.6 Å². The van der Waals surface area contributed by atoms with E-state index in [1.807, 2.05) is 37.3 Å². The predicted molar refractivity (Wildman–Crippen MR) is 88.7 cm³/mol. The van der Waals surface area contributed by atoms with Gasteiger partial charge in [-0.3, -0.25) is 10.1 Å². The number of carbonyl (C=O) groups excluding carboxylic acids is 1. The first kappa shape index (κ1) is 17.1. The van der Waals surface area contributed by atoms with Crippen LogP contribution >= 0.6 is 0 Å². The van der Waals surface area contributed by atoms with E-state index in [2.05, 4.69) is 10.6 Å². The summed E-state index contributed by atoms with van der Waals surface area (Å²) in [7, 11) is 1.62. The van der Waals surface area contributed by atoms with Gasteiger partial charge in [0.25, 0.3) is 0 Å². The lowest BCUT2D eigenvalue weighted by Gasteiger charge is -2.23. The zero-order valence-corrected chi connectivity index (χ0v) is 13.3. The van der Waals surface area contributed by atoms with Crippen molar-refractivity contribution in [2.24, 2.45) is 0 Å². The summed E-state index contributed by atoms with van der Waals surface area (Å²) in [4.78, 5) is 12.6. The van der Waals surface area contributed by atoms with Crippen molar-refractivity contribution in [3.63, 3.8) is 0 Å². The van der Waals surface area contributed by atoms with Crippen LogP contribution in [0.15, 0.2) is 54.6 Å². The molecule has 0 spiro atoms. The molecule has 2 rings (SSSR count). The van der Waals surface area contributed by atoms with E-state index < -0.39 is 6.04 Å². The number of halogens is 1. The number of benzene rings is 2. The molecule has 0 unspecified atom stereocenters. The molecule has 2 aromatic carbocycles. The molecule has 0 saturated heterocycles. The molecule has 5 heteroatoms. The highest BCUT2D eigenvalue weighted by molar-refractivity contribution is 5.95. The summed E-state index contributed by atoms with van der Waals surface area (Å²) in [5, 5.41) is 6.06. The van der Waals surface area contributed by atoms with E-state index >= 15 is 0 Å². The van der Waals surface area contributed by atoms with Crippen LogP contribution in [0, 0.1) is 5.82 Å². The third kappa shape index (κ3) is 5.16. The quantitative estimate of drug-likeness (QED) is 0.825. The van der Waals surface area contributed by atoms with Crippen LogP contribution < -0.4 is 10.6 Å². The van der Waals surface area contributed by atoms with Gasteiger partial charge in [0.05, 0.1) is 6.61 Å². The average Bonchev–Trinajstić information content (AvgIpc) is 2.56. The lowest BCUT2D eigenvalue weighted by molar-refractivity contribution is -0.118. The molecular weight excluding hydrogens is 295 g/mol. The van der Waals surface area contributed by atoms with Gasteiger partial charge >= 0.3 is 0 Å². The predicted octanol–water partition coefficient (Wildman–Crippen LogP) is 3.13. The molecule has 2 atom stereocenters. The number of carbonyl (C=O) groups is 1. The van der Waals surface area contributed by atoms with Gasteiger partial charge in [0, 0.05) is 18.8 Å². The van der Waals surface area contributed by atoms with Crippen LogP contribution in [0.3, 0.4) is 0 Å². The molecule has 0 bridgehead atoms. The fourth-order valence-electron chi connectivity index (χ4n) is 2.30. The standard InChI is InChI=1S/C18H21FN2O2/c1-13(12-23-2)20-17(14-6-4-3-5-7-14)18(22)21-16-10-8-15(19)9-11-16/h3-11,13,17,20H,12H2,1-2H3,(H,21,22)/t13-,17-/m0/s1. The van der Waals surface area contributed by atoms with E-state index in [0.29, 0.717) is 12.3 Å². The number of methoxy groups -OCH3 is 1. The second-order valence-corrected chi connectivity index (χ2v) is 5.36. The highest BCUT2D eigenvalue weighted by Gasteiger charge is 2.22. The molecule has 0 fully saturated rings. The molecule has 0 aliphatic carbocycles. The topological polar surface area (TPSA) is 50.4 Å². The summed E-state index contributed by atoms with van der Waals surface area (Å²) >= 11 is 0. The maximum atomic E-state index is 13.0. The molecule has 2 N–H and O–H groups in total.